The second-order valence-electron chi connectivity index (χ2n) is 5.17. The van der Waals surface area contributed by atoms with Gasteiger partial charge in [-0.15, -0.1) is 0 Å². The zero-order valence-electron chi connectivity index (χ0n) is 12.5. The molecule has 1 fully saturated rings. The lowest BCUT2D eigenvalue weighted by molar-refractivity contribution is 0.0692. The number of carbonyl (C=O) groups is 1. The Hall–Kier alpha value is -2.72. The Bertz CT molecular complexity index is 899. The summed E-state index contributed by atoms with van der Waals surface area (Å²) in [6.45, 7) is 0. The molecule has 0 bridgehead atoms. The summed E-state index contributed by atoms with van der Waals surface area (Å²) in [7, 11) is -3.42. The van der Waals surface area contributed by atoms with Crippen molar-refractivity contribution < 1.29 is 22.7 Å². The van der Waals surface area contributed by atoms with Crippen LogP contribution in [0.1, 0.15) is 28.8 Å². The van der Waals surface area contributed by atoms with E-state index < -0.39 is 15.8 Å². The fraction of sp³-hybridized carbons (Fsp3) is 0.176. The van der Waals surface area contributed by atoms with Crippen LogP contribution in [0.2, 0.25) is 0 Å². The SMILES string of the molecule is N#Cc1cccc(F)c1.O=C(O)c1ccccc1S(=O)(=O)C1CC1. The van der Waals surface area contributed by atoms with Gasteiger partial charge in [0.05, 0.1) is 27.3 Å². The Morgan fingerprint density at radius 1 is 1.17 bits per heavy atom. The van der Waals surface area contributed by atoms with Gasteiger partial charge in [0.1, 0.15) is 5.82 Å². The van der Waals surface area contributed by atoms with Gasteiger partial charge in [0.15, 0.2) is 9.84 Å². The third-order valence-electron chi connectivity index (χ3n) is 3.34. The van der Waals surface area contributed by atoms with E-state index in [0.717, 1.165) is 0 Å². The number of hydrogen-bond donors (Lipinski definition) is 1. The molecule has 1 aliphatic carbocycles. The first-order valence-electron chi connectivity index (χ1n) is 7.08. The highest BCUT2D eigenvalue weighted by Crippen LogP contribution is 2.34. The number of nitriles is 1. The Morgan fingerprint density at radius 3 is 2.33 bits per heavy atom. The van der Waals surface area contributed by atoms with Crippen molar-refractivity contribution in [3.05, 3.63) is 65.5 Å². The van der Waals surface area contributed by atoms with Crippen LogP contribution in [0.15, 0.2) is 53.4 Å². The monoisotopic (exact) mass is 347 g/mol. The Labute approximate surface area is 138 Å². The summed E-state index contributed by atoms with van der Waals surface area (Å²) in [6.07, 6.45) is 1.27. The van der Waals surface area contributed by atoms with Gasteiger partial charge in [0, 0.05) is 0 Å². The molecule has 0 unspecified atom stereocenters. The maximum Gasteiger partial charge on any atom is 0.337 e. The van der Waals surface area contributed by atoms with E-state index in [1.807, 2.05) is 6.07 Å². The standard InChI is InChI=1S/C10H10O4S.C7H4FN/c11-10(12)8-3-1-2-4-9(8)15(13,14)7-5-6-7;8-7-3-1-2-6(4-7)5-9/h1-4,7H,5-6H2,(H,11,12);1-4H. The molecule has 5 nitrogen and oxygen atoms in total. The molecular formula is C17H14FNO4S. The summed E-state index contributed by atoms with van der Waals surface area (Å²) < 4.78 is 35.9. The quantitative estimate of drug-likeness (QED) is 0.921. The van der Waals surface area contributed by atoms with Crippen LogP contribution in [-0.2, 0) is 9.84 Å². The van der Waals surface area contributed by atoms with Crippen molar-refractivity contribution in [1.29, 1.82) is 5.26 Å². The molecule has 0 radical (unpaired) electrons. The van der Waals surface area contributed by atoms with Gasteiger partial charge in [-0.2, -0.15) is 5.26 Å². The minimum Gasteiger partial charge on any atom is -0.478 e. The first kappa shape index (κ1) is 17.6. The minimum atomic E-state index is -3.42. The van der Waals surface area contributed by atoms with Gasteiger partial charge in [0.2, 0.25) is 0 Å². The number of aromatic carboxylic acids is 1. The van der Waals surface area contributed by atoms with Gasteiger partial charge in [-0.3, -0.25) is 0 Å². The molecule has 0 aliphatic heterocycles. The normalized spacial score (nSPS) is 13.3. The van der Waals surface area contributed by atoms with Crippen LogP contribution in [0, 0.1) is 17.1 Å². The van der Waals surface area contributed by atoms with Crippen molar-refractivity contribution in [2.45, 2.75) is 23.0 Å². The number of carboxylic acids is 1. The highest BCUT2D eigenvalue weighted by Gasteiger charge is 2.38. The lowest BCUT2D eigenvalue weighted by atomic mass is 10.2. The molecule has 0 atom stereocenters. The molecule has 1 saturated carbocycles. The van der Waals surface area contributed by atoms with Crippen molar-refractivity contribution in [3.8, 4) is 6.07 Å². The number of rotatable bonds is 3. The van der Waals surface area contributed by atoms with Gasteiger partial charge in [-0.05, 0) is 43.2 Å². The molecule has 3 rings (SSSR count). The smallest absolute Gasteiger partial charge is 0.337 e. The summed E-state index contributed by atoms with van der Waals surface area (Å²) in [4.78, 5) is 10.8. The second-order valence-corrected chi connectivity index (χ2v) is 7.36. The topological polar surface area (TPSA) is 95.2 Å². The Kier molecular flexibility index (Phi) is 5.31. The molecule has 1 N–H and O–H groups in total. The van der Waals surface area contributed by atoms with Crippen molar-refractivity contribution >= 4 is 15.8 Å². The number of benzene rings is 2. The molecule has 24 heavy (non-hydrogen) atoms. The van der Waals surface area contributed by atoms with E-state index in [4.69, 9.17) is 10.4 Å². The second kappa shape index (κ2) is 7.23. The largest absolute Gasteiger partial charge is 0.478 e. The molecule has 124 valence electrons. The molecule has 0 spiro atoms. The summed E-state index contributed by atoms with van der Waals surface area (Å²) in [5, 5.41) is 16.7. The average Bonchev–Trinajstić information content (AvgIpc) is 3.41. The van der Waals surface area contributed by atoms with E-state index in [1.54, 1.807) is 12.1 Å². The first-order chi connectivity index (χ1) is 11.4. The van der Waals surface area contributed by atoms with Crippen LogP contribution in [0.3, 0.4) is 0 Å². The van der Waals surface area contributed by atoms with Crippen LogP contribution in [0.25, 0.3) is 0 Å². The van der Waals surface area contributed by atoms with E-state index >= 15 is 0 Å². The van der Waals surface area contributed by atoms with Crippen molar-refractivity contribution in [2.75, 3.05) is 0 Å². The molecule has 0 aromatic heterocycles. The predicted octanol–water partition coefficient (Wildman–Crippen LogP) is 3.02. The summed E-state index contributed by atoms with van der Waals surface area (Å²) in [6, 6.07) is 13.1. The van der Waals surface area contributed by atoms with Crippen LogP contribution < -0.4 is 0 Å². The zero-order valence-corrected chi connectivity index (χ0v) is 13.3. The van der Waals surface area contributed by atoms with E-state index in [2.05, 4.69) is 0 Å². The number of sulfone groups is 1. The van der Waals surface area contributed by atoms with Gasteiger partial charge in [-0.1, -0.05) is 18.2 Å². The molecule has 2 aromatic rings. The zero-order chi connectivity index (χ0) is 17.7. The number of carboxylic acid groups (broad SMARTS) is 1. The molecule has 0 saturated heterocycles. The molecular weight excluding hydrogens is 333 g/mol. The van der Waals surface area contributed by atoms with E-state index in [1.165, 1.54) is 36.4 Å². The highest BCUT2D eigenvalue weighted by molar-refractivity contribution is 7.92. The fourth-order valence-corrected chi connectivity index (χ4v) is 3.85. The Balaban J connectivity index is 0.000000198. The summed E-state index contributed by atoms with van der Waals surface area (Å²) in [5.41, 5.74) is 0.222. The van der Waals surface area contributed by atoms with E-state index in [0.29, 0.717) is 18.4 Å². The molecule has 2 aromatic carbocycles. The van der Waals surface area contributed by atoms with Crippen LogP contribution in [0.4, 0.5) is 4.39 Å². The number of nitrogens with zero attached hydrogens (tertiary/aromatic N) is 1. The van der Waals surface area contributed by atoms with Gasteiger partial charge >= 0.3 is 5.97 Å². The molecule has 0 heterocycles. The lowest BCUT2D eigenvalue weighted by Crippen LogP contribution is -2.12. The number of hydrogen-bond acceptors (Lipinski definition) is 4. The third-order valence-corrected chi connectivity index (χ3v) is 5.66. The average molecular weight is 347 g/mol. The number of halogens is 1. The van der Waals surface area contributed by atoms with Gasteiger partial charge in [-0.25, -0.2) is 17.6 Å². The van der Waals surface area contributed by atoms with Crippen molar-refractivity contribution in [3.63, 3.8) is 0 Å². The van der Waals surface area contributed by atoms with Crippen molar-refractivity contribution in [1.82, 2.24) is 0 Å². The molecule has 7 heteroatoms. The summed E-state index contributed by atoms with van der Waals surface area (Å²) >= 11 is 0. The first-order valence-corrected chi connectivity index (χ1v) is 8.63. The van der Waals surface area contributed by atoms with Gasteiger partial charge in [0.25, 0.3) is 0 Å². The third kappa shape index (κ3) is 4.18. The maximum absolute atomic E-state index is 12.2. The predicted molar refractivity (Wildman–Crippen MR) is 84.7 cm³/mol. The summed E-state index contributed by atoms with van der Waals surface area (Å²) in [5.74, 6) is -1.57. The van der Waals surface area contributed by atoms with Crippen LogP contribution in [-0.4, -0.2) is 24.7 Å². The highest BCUT2D eigenvalue weighted by atomic mass is 32.2. The fourth-order valence-electron chi connectivity index (χ4n) is 2.01. The van der Waals surface area contributed by atoms with Crippen LogP contribution in [0.5, 0.6) is 0 Å². The molecule has 0 amide bonds. The van der Waals surface area contributed by atoms with Gasteiger partial charge < -0.3 is 5.11 Å². The van der Waals surface area contributed by atoms with E-state index in [-0.39, 0.29) is 21.5 Å². The maximum atomic E-state index is 12.2. The minimum absolute atomic E-state index is 0.0556. The lowest BCUT2D eigenvalue weighted by Gasteiger charge is -2.05. The van der Waals surface area contributed by atoms with Crippen LogP contribution >= 0.6 is 0 Å². The van der Waals surface area contributed by atoms with Crippen molar-refractivity contribution in [2.24, 2.45) is 0 Å². The Morgan fingerprint density at radius 2 is 1.83 bits per heavy atom. The van der Waals surface area contributed by atoms with E-state index in [9.17, 15) is 17.6 Å². The molecule has 1 aliphatic rings.